The molecule has 0 aromatic rings. The summed E-state index contributed by atoms with van der Waals surface area (Å²) in [4.78, 5) is 2.48. The second-order valence-corrected chi connectivity index (χ2v) is 5.45. The van der Waals surface area contributed by atoms with E-state index in [0.717, 1.165) is 52.1 Å². The van der Waals surface area contributed by atoms with Crippen molar-refractivity contribution in [3.8, 4) is 0 Å². The van der Waals surface area contributed by atoms with Crippen molar-refractivity contribution < 1.29 is 9.84 Å². The van der Waals surface area contributed by atoms with Crippen molar-refractivity contribution in [2.24, 2.45) is 5.41 Å². The number of aliphatic hydroxyl groups excluding tert-OH is 1. The molecule has 0 atom stereocenters. The van der Waals surface area contributed by atoms with Gasteiger partial charge in [0, 0.05) is 13.2 Å². The Morgan fingerprint density at radius 3 is 2.75 bits per heavy atom. The van der Waals surface area contributed by atoms with E-state index in [0.29, 0.717) is 6.61 Å². The van der Waals surface area contributed by atoms with Gasteiger partial charge in [-0.15, -0.1) is 0 Å². The highest BCUT2D eigenvalue weighted by Crippen LogP contribution is 2.30. The molecular weight excluding hydrogens is 202 g/mol. The van der Waals surface area contributed by atoms with Crippen LogP contribution in [-0.4, -0.2) is 49.5 Å². The molecule has 0 amide bonds. The number of ether oxygens (including phenoxy) is 1. The minimum absolute atomic E-state index is 0.161. The molecule has 2 aliphatic rings. The maximum atomic E-state index is 9.31. The fraction of sp³-hybridized carbons (Fsp3) is 0.846. The van der Waals surface area contributed by atoms with Gasteiger partial charge >= 0.3 is 0 Å². The van der Waals surface area contributed by atoms with Crippen LogP contribution in [0.4, 0.5) is 0 Å². The summed E-state index contributed by atoms with van der Waals surface area (Å²) < 4.78 is 5.45. The Labute approximate surface area is 98.1 Å². The van der Waals surface area contributed by atoms with Crippen LogP contribution < -0.4 is 0 Å². The van der Waals surface area contributed by atoms with E-state index in [2.05, 4.69) is 17.9 Å². The summed E-state index contributed by atoms with van der Waals surface area (Å²) in [6, 6.07) is 0. The third kappa shape index (κ3) is 3.06. The molecular formula is C13H23NO2. The average molecular weight is 225 g/mol. The normalized spacial score (nSPS) is 26.5. The Hall–Kier alpha value is -0.380. The van der Waals surface area contributed by atoms with Gasteiger partial charge in [-0.2, -0.15) is 0 Å². The smallest absolute Gasteiger partial charge is 0.0689 e. The highest BCUT2D eigenvalue weighted by molar-refractivity contribution is 5.07. The van der Waals surface area contributed by atoms with Gasteiger partial charge in [0.25, 0.3) is 0 Å². The van der Waals surface area contributed by atoms with Crippen LogP contribution in [0.5, 0.6) is 0 Å². The fourth-order valence-corrected chi connectivity index (χ4v) is 2.42. The van der Waals surface area contributed by atoms with Crippen molar-refractivity contribution in [3.05, 3.63) is 11.6 Å². The molecule has 2 aliphatic heterocycles. The van der Waals surface area contributed by atoms with Crippen molar-refractivity contribution in [2.75, 3.05) is 39.5 Å². The number of hydrogen-bond donors (Lipinski definition) is 1. The maximum absolute atomic E-state index is 9.31. The lowest BCUT2D eigenvalue weighted by atomic mass is 9.81. The zero-order chi connectivity index (χ0) is 11.4. The fourth-order valence-electron chi connectivity index (χ4n) is 2.42. The standard InChI is InChI=1S/C13H23NO2/c1-13(11-15)4-6-14(7-5-13)9-12-3-2-8-16-10-12/h3,15H,2,4-11H2,1H3. The first kappa shape index (κ1) is 12.1. The molecule has 1 fully saturated rings. The Morgan fingerprint density at radius 2 is 2.19 bits per heavy atom. The lowest BCUT2D eigenvalue weighted by Gasteiger charge is -2.38. The Balaban J connectivity index is 1.78. The van der Waals surface area contributed by atoms with Gasteiger partial charge in [0.05, 0.1) is 13.2 Å². The number of likely N-dealkylation sites (tertiary alicyclic amines) is 1. The molecule has 0 spiro atoms. The summed E-state index contributed by atoms with van der Waals surface area (Å²) in [7, 11) is 0. The molecule has 92 valence electrons. The van der Waals surface area contributed by atoms with E-state index in [1.807, 2.05) is 0 Å². The van der Waals surface area contributed by atoms with E-state index in [1.54, 1.807) is 0 Å². The lowest BCUT2D eigenvalue weighted by Crippen LogP contribution is -2.41. The zero-order valence-corrected chi connectivity index (χ0v) is 10.2. The average Bonchev–Trinajstić information content (AvgIpc) is 2.34. The Morgan fingerprint density at radius 1 is 1.44 bits per heavy atom. The molecule has 2 rings (SSSR count). The molecule has 0 aromatic carbocycles. The molecule has 0 aliphatic carbocycles. The summed E-state index contributed by atoms with van der Waals surface area (Å²) >= 11 is 0. The van der Waals surface area contributed by atoms with Crippen LogP contribution in [0.2, 0.25) is 0 Å². The monoisotopic (exact) mass is 225 g/mol. The predicted molar refractivity (Wildman–Crippen MR) is 64.4 cm³/mol. The van der Waals surface area contributed by atoms with Crippen LogP contribution in [0.1, 0.15) is 26.2 Å². The molecule has 0 saturated carbocycles. The quantitative estimate of drug-likeness (QED) is 0.738. The van der Waals surface area contributed by atoms with Crippen LogP contribution in [0.25, 0.3) is 0 Å². The molecule has 1 saturated heterocycles. The summed E-state index contributed by atoms with van der Waals surface area (Å²) in [5, 5.41) is 9.31. The van der Waals surface area contributed by atoms with E-state index in [9.17, 15) is 5.11 Å². The SMILES string of the molecule is CC1(CO)CCN(CC2=CCCOC2)CC1. The van der Waals surface area contributed by atoms with Crippen LogP contribution in [0.15, 0.2) is 11.6 Å². The number of nitrogens with zero attached hydrogens (tertiary/aromatic N) is 1. The third-order valence-corrected chi connectivity index (χ3v) is 3.85. The third-order valence-electron chi connectivity index (χ3n) is 3.85. The molecule has 3 nitrogen and oxygen atoms in total. The largest absolute Gasteiger partial charge is 0.396 e. The van der Waals surface area contributed by atoms with Crippen molar-refractivity contribution in [1.82, 2.24) is 4.90 Å². The van der Waals surface area contributed by atoms with Gasteiger partial charge in [0.2, 0.25) is 0 Å². The number of aliphatic hydroxyl groups is 1. The van der Waals surface area contributed by atoms with Crippen molar-refractivity contribution >= 4 is 0 Å². The Bertz CT molecular complexity index is 255. The minimum atomic E-state index is 0.161. The predicted octanol–water partition coefficient (Wildman–Crippen LogP) is 1.43. The molecule has 16 heavy (non-hydrogen) atoms. The van der Waals surface area contributed by atoms with Crippen LogP contribution in [-0.2, 0) is 4.74 Å². The number of piperidine rings is 1. The second-order valence-electron chi connectivity index (χ2n) is 5.45. The van der Waals surface area contributed by atoms with Crippen LogP contribution in [0.3, 0.4) is 0 Å². The van der Waals surface area contributed by atoms with E-state index >= 15 is 0 Å². The minimum Gasteiger partial charge on any atom is -0.396 e. The first-order valence-electron chi connectivity index (χ1n) is 6.31. The molecule has 0 aromatic heterocycles. The zero-order valence-electron chi connectivity index (χ0n) is 10.2. The van der Waals surface area contributed by atoms with Crippen molar-refractivity contribution in [1.29, 1.82) is 0 Å². The molecule has 3 heteroatoms. The summed E-state index contributed by atoms with van der Waals surface area (Å²) in [5.74, 6) is 0. The van der Waals surface area contributed by atoms with Crippen LogP contribution >= 0.6 is 0 Å². The topological polar surface area (TPSA) is 32.7 Å². The molecule has 0 bridgehead atoms. The highest BCUT2D eigenvalue weighted by Gasteiger charge is 2.29. The summed E-state index contributed by atoms with van der Waals surface area (Å²) in [5.41, 5.74) is 1.59. The van der Waals surface area contributed by atoms with Gasteiger partial charge in [0.15, 0.2) is 0 Å². The van der Waals surface area contributed by atoms with Gasteiger partial charge in [-0.1, -0.05) is 13.0 Å². The molecule has 0 radical (unpaired) electrons. The highest BCUT2D eigenvalue weighted by atomic mass is 16.5. The number of rotatable bonds is 3. The number of hydrogen-bond acceptors (Lipinski definition) is 3. The van der Waals surface area contributed by atoms with Crippen molar-refractivity contribution in [2.45, 2.75) is 26.2 Å². The Kier molecular flexibility index (Phi) is 4.00. The molecule has 0 unspecified atom stereocenters. The van der Waals surface area contributed by atoms with Gasteiger partial charge < -0.3 is 9.84 Å². The van der Waals surface area contributed by atoms with E-state index < -0.39 is 0 Å². The van der Waals surface area contributed by atoms with E-state index in [4.69, 9.17) is 4.74 Å². The van der Waals surface area contributed by atoms with Gasteiger partial charge in [0.1, 0.15) is 0 Å². The lowest BCUT2D eigenvalue weighted by molar-refractivity contribution is 0.0592. The summed E-state index contributed by atoms with van der Waals surface area (Å²) in [6.07, 6.45) is 5.61. The summed E-state index contributed by atoms with van der Waals surface area (Å²) in [6.45, 7) is 7.48. The van der Waals surface area contributed by atoms with E-state index in [1.165, 1.54) is 5.57 Å². The van der Waals surface area contributed by atoms with Crippen molar-refractivity contribution in [3.63, 3.8) is 0 Å². The molecule has 2 heterocycles. The first-order valence-corrected chi connectivity index (χ1v) is 6.31. The molecule has 1 N–H and O–H groups in total. The van der Waals surface area contributed by atoms with Gasteiger partial charge in [-0.25, -0.2) is 0 Å². The van der Waals surface area contributed by atoms with E-state index in [-0.39, 0.29) is 5.41 Å². The van der Waals surface area contributed by atoms with Gasteiger partial charge in [-0.3, -0.25) is 4.90 Å². The van der Waals surface area contributed by atoms with Crippen LogP contribution in [0, 0.1) is 5.41 Å². The maximum Gasteiger partial charge on any atom is 0.0689 e. The second kappa shape index (κ2) is 5.30. The van der Waals surface area contributed by atoms with Gasteiger partial charge in [-0.05, 0) is 43.3 Å². The first-order chi connectivity index (χ1) is 7.72.